The van der Waals surface area contributed by atoms with Crippen molar-refractivity contribution in [1.29, 1.82) is 5.41 Å². The lowest BCUT2D eigenvalue weighted by Gasteiger charge is -2.27. The zero-order valence-electron chi connectivity index (χ0n) is 9.61. The molecule has 0 amide bonds. The number of anilines is 1. The van der Waals surface area contributed by atoms with Crippen molar-refractivity contribution < 1.29 is 0 Å². The monoisotopic (exact) mass is 244 g/mol. The van der Waals surface area contributed by atoms with E-state index < -0.39 is 0 Å². The lowest BCUT2D eigenvalue weighted by molar-refractivity contribution is 0.555. The summed E-state index contributed by atoms with van der Waals surface area (Å²) in [5.41, 5.74) is 5.73. The van der Waals surface area contributed by atoms with E-state index in [-0.39, 0.29) is 5.84 Å². The molecule has 0 spiro atoms. The van der Waals surface area contributed by atoms with Crippen LogP contribution in [-0.4, -0.2) is 37.1 Å². The summed E-state index contributed by atoms with van der Waals surface area (Å²) >= 11 is 0. The van der Waals surface area contributed by atoms with E-state index in [1.807, 2.05) is 4.57 Å². The van der Waals surface area contributed by atoms with Gasteiger partial charge in [0.15, 0.2) is 5.82 Å². The molecule has 0 bridgehead atoms. The predicted octanol–water partition coefficient (Wildman–Crippen LogP) is -0.628. The second kappa shape index (κ2) is 4.06. The van der Waals surface area contributed by atoms with Gasteiger partial charge in [0.1, 0.15) is 23.7 Å². The zero-order chi connectivity index (χ0) is 12.5. The highest BCUT2D eigenvalue weighted by atomic mass is 15.3. The quantitative estimate of drug-likeness (QED) is 0.537. The average Bonchev–Trinajstić information content (AvgIpc) is 2.86. The van der Waals surface area contributed by atoms with Crippen LogP contribution in [0.25, 0.3) is 0 Å². The summed E-state index contributed by atoms with van der Waals surface area (Å²) in [6, 6.07) is 0. The molecule has 0 aromatic carbocycles. The number of hydrogen-bond donors (Lipinski definition) is 2. The third-order valence-electron chi connectivity index (χ3n) is 2.88. The van der Waals surface area contributed by atoms with Crippen molar-refractivity contribution in [3.8, 4) is 0 Å². The first kappa shape index (κ1) is 10.6. The number of fused-ring (bicyclic) bond motifs is 1. The maximum Gasteiger partial charge on any atom is 0.152 e. The number of aromatic nitrogens is 5. The summed E-state index contributed by atoms with van der Waals surface area (Å²) in [6.07, 6.45) is 4.87. The Morgan fingerprint density at radius 1 is 1.28 bits per heavy atom. The summed E-state index contributed by atoms with van der Waals surface area (Å²) in [6.45, 7) is 2.33. The van der Waals surface area contributed by atoms with Crippen LogP contribution in [0, 0.1) is 5.41 Å². The molecule has 0 saturated heterocycles. The van der Waals surface area contributed by atoms with Crippen molar-refractivity contribution in [1.82, 2.24) is 24.7 Å². The standard InChI is InChI=1S/C10H12N8/c11-10(12)7-3-14-8(4-13-7)17-1-2-18-6-15-16-9(18)5-17/h3-4,6H,1-2,5H2,(H3,11,12). The highest BCUT2D eigenvalue weighted by Crippen LogP contribution is 2.16. The van der Waals surface area contributed by atoms with Crippen LogP contribution in [0.3, 0.4) is 0 Å². The van der Waals surface area contributed by atoms with Gasteiger partial charge in [-0.25, -0.2) is 9.97 Å². The van der Waals surface area contributed by atoms with E-state index in [1.165, 1.54) is 6.20 Å². The second-order valence-electron chi connectivity index (χ2n) is 4.04. The molecule has 1 aliphatic heterocycles. The Labute approximate surface area is 103 Å². The van der Waals surface area contributed by atoms with Crippen molar-refractivity contribution >= 4 is 11.7 Å². The van der Waals surface area contributed by atoms with Gasteiger partial charge in [0.2, 0.25) is 0 Å². The van der Waals surface area contributed by atoms with Crippen LogP contribution < -0.4 is 10.6 Å². The number of nitrogens with two attached hydrogens (primary N) is 1. The van der Waals surface area contributed by atoms with Crippen LogP contribution in [-0.2, 0) is 13.1 Å². The van der Waals surface area contributed by atoms with E-state index >= 15 is 0 Å². The van der Waals surface area contributed by atoms with Crippen molar-refractivity contribution in [3.05, 3.63) is 30.2 Å². The zero-order valence-corrected chi connectivity index (χ0v) is 9.61. The summed E-state index contributed by atoms with van der Waals surface area (Å²) in [5.74, 6) is 1.60. The molecule has 0 saturated carbocycles. The van der Waals surface area contributed by atoms with Crippen LogP contribution in [0.5, 0.6) is 0 Å². The largest absolute Gasteiger partial charge is 0.382 e. The van der Waals surface area contributed by atoms with Gasteiger partial charge in [0.25, 0.3) is 0 Å². The first-order valence-corrected chi connectivity index (χ1v) is 5.52. The topological polar surface area (TPSA) is 110 Å². The van der Waals surface area contributed by atoms with Gasteiger partial charge in [0.05, 0.1) is 18.9 Å². The van der Waals surface area contributed by atoms with Crippen LogP contribution >= 0.6 is 0 Å². The van der Waals surface area contributed by atoms with Gasteiger partial charge in [-0.15, -0.1) is 10.2 Å². The molecule has 0 aliphatic carbocycles. The molecule has 3 heterocycles. The Morgan fingerprint density at radius 3 is 2.89 bits per heavy atom. The normalized spacial score (nSPS) is 14.3. The van der Waals surface area contributed by atoms with Gasteiger partial charge in [-0.05, 0) is 0 Å². The van der Waals surface area contributed by atoms with Crippen molar-refractivity contribution in [2.75, 3.05) is 11.4 Å². The van der Waals surface area contributed by atoms with Gasteiger partial charge in [-0.1, -0.05) is 0 Å². The molecule has 1 aliphatic rings. The molecule has 0 unspecified atom stereocenters. The minimum Gasteiger partial charge on any atom is -0.382 e. The lowest BCUT2D eigenvalue weighted by Crippen LogP contribution is -2.34. The average molecular weight is 244 g/mol. The van der Waals surface area contributed by atoms with E-state index in [9.17, 15) is 0 Å². The maximum absolute atomic E-state index is 7.27. The molecule has 3 rings (SSSR count). The third-order valence-corrected chi connectivity index (χ3v) is 2.88. The molecule has 3 N–H and O–H groups in total. The first-order valence-electron chi connectivity index (χ1n) is 5.52. The van der Waals surface area contributed by atoms with Crippen LogP contribution in [0.4, 0.5) is 5.82 Å². The van der Waals surface area contributed by atoms with Gasteiger partial charge in [-0.3, -0.25) is 5.41 Å². The number of hydrogen-bond acceptors (Lipinski definition) is 6. The fourth-order valence-corrected chi connectivity index (χ4v) is 1.89. The number of nitrogens with one attached hydrogen (secondary N) is 1. The van der Waals surface area contributed by atoms with E-state index in [2.05, 4.69) is 25.1 Å². The molecule has 8 heteroatoms. The van der Waals surface area contributed by atoms with E-state index in [1.54, 1.807) is 12.5 Å². The van der Waals surface area contributed by atoms with Gasteiger partial charge < -0.3 is 15.2 Å². The Kier molecular flexibility index (Phi) is 2.40. The minimum atomic E-state index is -0.0764. The molecular formula is C10H12N8. The summed E-state index contributed by atoms with van der Waals surface area (Å²) in [7, 11) is 0. The number of rotatable bonds is 2. The summed E-state index contributed by atoms with van der Waals surface area (Å²) in [5, 5.41) is 15.2. The van der Waals surface area contributed by atoms with Crippen LogP contribution in [0.1, 0.15) is 11.5 Å². The Balaban J connectivity index is 1.82. The Bertz CT molecular complexity index is 572. The van der Waals surface area contributed by atoms with Crippen LogP contribution in [0.2, 0.25) is 0 Å². The molecule has 2 aromatic rings. The first-order chi connectivity index (χ1) is 8.74. The third kappa shape index (κ3) is 1.77. The van der Waals surface area contributed by atoms with Crippen molar-refractivity contribution in [2.45, 2.75) is 13.1 Å². The molecule has 8 nitrogen and oxygen atoms in total. The van der Waals surface area contributed by atoms with Gasteiger partial charge in [-0.2, -0.15) is 0 Å². The van der Waals surface area contributed by atoms with Crippen molar-refractivity contribution in [2.24, 2.45) is 5.73 Å². The Hall–Kier alpha value is -2.51. The molecule has 92 valence electrons. The second-order valence-corrected chi connectivity index (χ2v) is 4.04. The molecule has 2 aromatic heterocycles. The fraction of sp³-hybridized carbons (Fsp3) is 0.300. The molecule has 0 atom stereocenters. The fourth-order valence-electron chi connectivity index (χ4n) is 1.89. The number of nitrogen functional groups attached to an aromatic ring is 1. The number of amidine groups is 1. The SMILES string of the molecule is N=C(N)c1cnc(N2CCn3cnnc3C2)cn1. The predicted molar refractivity (Wildman–Crippen MR) is 64.1 cm³/mol. The smallest absolute Gasteiger partial charge is 0.152 e. The maximum atomic E-state index is 7.27. The molecule has 0 radical (unpaired) electrons. The summed E-state index contributed by atoms with van der Waals surface area (Å²) in [4.78, 5) is 10.4. The van der Waals surface area contributed by atoms with Crippen molar-refractivity contribution in [3.63, 3.8) is 0 Å². The van der Waals surface area contributed by atoms with E-state index in [0.29, 0.717) is 12.2 Å². The Morgan fingerprint density at radius 2 is 2.17 bits per heavy atom. The highest BCUT2D eigenvalue weighted by molar-refractivity contribution is 5.92. The number of nitrogens with zero attached hydrogens (tertiary/aromatic N) is 6. The molecule has 0 fully saturated rings. The van der Waals surface area contributed by atoms with Gasteiger partial charge in [0, 0.05) is 13.1 Å². The summed E-state index contributed by atoms with van der Waals surface area (Å²) < 4.78 is 2.02. The van der Waals surface area contributed by atoms with Crippen LogP contribution in [0.15, 0.2) is 18.7 Å². The minimum absolute atomic E-state index is 0.0764. The molecule has 18 heavy (non-hydrogen) atoms. The van der Waals surface area contributed by atoms with Gasteiger partial charge >= 0.3 is 0 Å². The highest BCUT2D eigenvalue weighted by Gasteiger charge is 2.18. The molecular weight excluding hydrogens is 232 g/mol. The van der Waals surface area contributed by atoms with E-state index in [4.69, 9.17) is 11.1 Å². The lowest BCUT2D eigenvalue weighted by atomic mass is 10.3. The van der Waals surface area contributed by atoms with E-state index in [0.717, 1.165) is 24.7 Å².